The van der Waals surface area contributed by atoms with E-state index in [2.05, 4.69) is 0 Å². The zero-order chi connectivity index (χ0) is 7.84. The van der Waals surface area contributed by atoms with E-state index in [0.717, 1.165) is 0 Å². The highest BCUT2D eigenvalue weighted by molar-refractivity contribution is 5.84. The molecule has 2 saturated heterocycles. The third kappa shape index (κ3) is 1.07. The Morgan fingerprint density at radius 1 is 1.64 bits per heavy atom. The first-order valence-electron chi connectivity index (χ1n) is 3.64. The van der Waals surface area contributed by atoms with Crippen molar-refractivity contribution in [3.63, 3.8) is 0 Å². The van der Waals surface area contributed by atoms with E-state index >= 15 is 0 Å². The summed E-state index contributed by atoms with van der Waals surface area (Å²) in [6.07, 6.45) is -0.429. The highest BCUT2D eigenvalue weighted by Gasteiger charge is 2.43. The monoisotopic (exact) mass is 158 g/mol. The second-order valence-corrected chi connectivity index (χ2v) is 2.77. The van der Waals surface area contributed by atoms with Gasteiger partial charge in [-0.05, 0) is 0 Å². The Kier molecular flexibility index (Phi) is 1.67. The lowest BCUT2D eigenvalue weighted by atomic mass is 10.1. The average molecular weight is 158 g/mol. The van der Waals surface area contributed by atoms with Crippen molar-refractivity contribution in [3.8, 4) is 0 Å². The predicted octanol–water partition coefficient (Wildman–Crippen LogP) is -0.284. The van der Waals surface area contributed by atoms with Gasteiger partial charge in [0, 0.05) is 13.5 Å². The molecule has 4 heteroatoms. The highest BCUT2D eigenvalue weighted by Crippen LogP contribution is 2.26. The maximum atomic E-state index is 11.1. The zero-order valence-electron chi connectivity index (χ0n) is 6.28. The van der Waals surface area contributed by atoms with E-state index in [1.165, 1.54) is 0 Å². The summed E-state index contributed by atoms with van der Waals surface area (Å²) >= 11 is 0. The van der Waals surface area contributed by atoms with Gasteiger partial charge < -0.3 is 14.2 Å². The Labute approximate surface area is 64.4 Å². The van der Waals surface area contributed by atoms with Crippen LogP contribution in [0.25, 0.3) is 0 Å². The minimum atomic E-state index is -0.327. The van der Waals surface area contributed by atoms with Crippen molar-refractivity contribution in [1.82, 2.24) is 0 Å². The van der Waals surface area contributed by atoms with Gasteiger partial charge in [0.25, 0.3) is 0 Å². The molecule has 11 heavy (non-hydrogen) atoms. The summed E-state index contributed by atoms with van der Waals surface area (Å²) in [7, 11) is 1.56. The van der Waals surface area contributed by atoms with Crippen molar-refractivity contribution in [2.24, 2.45) is 0 Å². The highest BCUT2D eigenvalue weighted by atomic mass is 16.7. The zero-order valence-corrected chi connectivity index (χ0v) is 6.28. The van der Waals surface area contributed by atoms with Crippen LogP contribution in [0.1, 0.15) is 6.42 Å². The van der Waals surface area contributed by atoms with E-state index in [9.17, 15) is 4.79 Å². The lowest BCUT2D eigenvalue weighted by Gasteiger charge is -2.24. The van der Waals surface area contributed by atoms with Crippen LogP contribution in [0.2, 0.25) is 0 Å². The molecular formula is C7H10O4. The Morgan fingerprint density at radius 2 is 2.45 bits per heavy atom. The molecular weight excluding hydrogens is 148 g/mol. The smallest absolute Gasteiger partial charge is 0.185 e. The fraction of sp³-hybridized carbons (Fsp3) is 0.857. The number of hydrogen-bond acceptors (Lipinski definition) is 4. The Bertz CT molecular complexity index is 179. The molecule has 0 aromatic rings. The molecule has 2 rings (SSSR count). The summed E-state index contributed by atoms with van der Waals surface area (Å²) in [6.45, 7) is 0.392. The van der Waals surface area contributed by atoms with Crippen LogP contribution < -0.4 is 0 Å². The Hall–Kier alpha value is -0.450. The van der Waals surface area contributed by atoms with E-state index in [1.54, 1.807) is 7.11 Å². The van der Waals surface area contributed by atoms with E-state index in [-0.39, 0.29) is 24.3 Å². The van der Waals surface area contributed by atoms with E-state index < -0.39 is 0 Å². The molecule has 0 spiro atoms. The van der Waals surface area contributed by atoms with Gasteiger partial charge in [0.15, 0.2) is 12.1 Å². The first kappa shape index (κ1) is 7.21. The molecule has 2 fully saturated rings. The van der Waals surface area contributed by atoms with E-state index in [1.807, 2.05) is 0 Å². The minimum absolute atomic E-state index is 0.0885. The lowest BCUT2D eigenvalue weighted by molar-refractivity contribution is -0.173. The van der Waals surface area contributed by atoms with Crippen molar-refractivity contribution in [2.75, 3.05) is 13.7 Å². The summed E-state index contributed by atoms with van der Waals surface area (Å²) in [5.41, 5.74) is 0. The summed E-state index contributed by atoms with van der Waals surface area (Å²) in [5, 5.41) is 0. The van der Waals surface area contributed by atoms with Crippen LogP contribution >= 0.6 is 0 Å². The molecule has 62 valence electrons. The van der Waals surface area contributed by atoms with Gasteiger partial charge in [-0.3, -0.25) is 4.79 Å². The van der Waals surface area contributed by atoms with Gasteiger partial charge >= 0.3 is 0 Å². The number of ketones is 1. The van der Waals surface area contributed by atoms with Gasteiger partial charge in [-0.25, -0.2) is 0 Å². The van der Waals surface area contributed by atoms with Gasteiger partial charge in [-0.2, -0.15) is 0 Å². The SMILES string of the molecule is COC1CC(=O)C2COC1O2. The Balaban J connectivity index is 2.11. The van der Waals surface area contributed by atoms with Crippen LogP contribution in [-0.2, 0) is 19.0 Å². The Morgan fingerprint density at radius 3 is 3.18 bits per heavy atom. The molecule has 0 aromatic carbocycles. The molecule has 0 radical (unpaired) electrons. The molecule has 0 aromatic heterocycles. The molecule has 2 aliphatic heterocycles. The van der Waals surface area contributed by atoms with Gasteiger partial charge in [-0.1, -0.05) is 0 Å². The number of rotatable bonds is 1. The van der Waals surface area contributed by atoms with Crippen LogP contribution in [0.4, 0.5) is 0 Å². The fourth-order valence-electron chi connectivity index (χ4n) is 1.41. The lowest BCUT2D eigenvalue weighted by Crippen LogP contribution is -2.39. The maximum absolute atomic E-state index is 11.1. The first-order chi connectivity index (χ1) is 5.31. The van der Waals surface area contributed by atoms with Crippen LogP contribution in [0.15, 0.2) is 0 Å². The molecule has 2 bridgehead atoms. The average Bonchev–Trinajstić information content (AvgIpc) is 2.43. The van der Waals surface area contributed by atoms with E-state index in [4.69, 9.17) is 14.2 Å². The van der Waals surface area contributed by atoms with Crippen molar-refractivity contribution in [1.29, 1.82) is 0 Å². The second kappa shape index (κ2) is 2.55. The molecule has 0 aliphatic carbocycles. The molecule has 3 atom stereocenters. The summed E-state index contributed by atoms with van der Waals surface area (Å²) < 4.78 is 15.4. The molecule has 0 saturated carbocycles. The van der Waals surface area contributed by atoms with Gasteiger partial charge in [-0.15, -0.1) is 0 Å². The van der Waals surface area contributed by atoms with Crippen molar-refractivity contribution < 1.29 is 19.0 Å². The van der Waals surface area contributed by atoms with E-state index in [0.29, 0.717) is 13.0 Å². The molecule has 0 N–H and O–H groups in total. The minimum Gasteiger partial charge on any atom is -0.376 e. The quantitative estimate of drug-likeness (QED) is 0.526. The predicted molar refractivity (Wildman–Crippen MR) is 35.0 cm³/mol. The number of Topliss-reactive ketones (excluding diaryl/α,β-unsaturated/α-hetero) is 1. The summed E-state index contributed by atoms with van der Waals surface area (Å²) in [5.74, 6) is 0.0885. The molecule has 4 nitrogen and oxygen atoms in total. The topological polar surface area (TPSA) is 44.8 Å². The fourth-order valence-corrected chi connectivity index (χ4v) is 1.41. The second-order valence-electron chi connectivity index (χ2n) is 2.77. The normalized spacial score (nSPS) is 43.0. The van der Waals surface area contributed by atoms with Gasteiger partial charge in [0.2, 0.25) is 0 Å². The van der Waals surface area contributed by atoms with Crippen LogP contribution in [0, 0.1) is 0 Å². The van der Waals surface area contributed by atoms with Crippen molar-refractivity contribution >= 4 is 5.78 Å². The van der Waals surface area contributed by atoms with Crippen molar-refractivity contribution in [2.45, 2.75) is 24.9 Å². The summed E-state index contributed by atoms with van der Waals surface area (Å²) in [4.78, 5) is 11.1. The number of ether oxygens (including phenoxy) is 3. The third-order valence-corrected chi connectivity index (χ3v) is 2.08. The summed E-state index contributed by atoms with van der Waals surface area (Å²) in [6, 6.07) is 0. The molecule has 2 aliphatic rings. The standard InChI is InChI=1S/C7H10O4/c1-9-5-2-4(8)6-3-10-7(5)11-6/h5-7H,2-3H2,1H3. The van der Waals surface area contributed by atoms with Crippen LogP contribution in [-0.4, -0.2) is 38.0 Å². The van der Waals surface area contributed by atoms with Crippen LogP contribution in [0.5, 0.6) is 0 Å². The largest absolute Gasteiger partial charge is 0.376 e. The molecule has 0 amide bonds. The van der Waals surface area contributed by atoms with Crippen molar-refractivity contribution in [3.05, 3.63) is 0 Å². The maximum Gasteiger partial charge on any atom is 0.185 e. The number of carbonyl (C=O) groups excluding carboxylic acids is 1. The molecule has 2 heterocycles. The first-order valence-corrected chi connectivity index (χ1v) is 3.64. The van der Waals surface area contributed by atoms with Gasteiger partial charge in [0.05, 0.1) is 6.61 Å². The van der Waals surface area contributed by atoms with Gasteiger partial charge in [0.1, 0.15) is 12.2 Å². The third-order valence-electron chi connectivity index (χ3n) is 2.08. The number of methoxy groups -OCH3 is 1. The number of hydrogen-bond donors (Lipinski definition) is 0. The number of carbonyl (C=O) groups is 1. The molecule has 3 unspecified atom stereocenters. The number of fused-ring (bicyclic) bond motifs is 2. The van der Waals surface area contributed by atoms with Crippen LogP contribution in [0.3, 0.4) is 0 Å².